The summed E-state index contributed by atoms with van der Waals surface area (Å²) in [5, 5.41) is 25.5. The fraction of sp³-hybridized carbons (Fsp3) is 0.556. The molecule has 0 saturated heterocycles. The van der Waals surface area contributed by atoms with Gasteiger partial charge in [0.1, 0.15) is 0 Å². The van der Waals surface area contributed by atoms with Gasteiger partial charge in [-0.3, -0.25) is 4.79 Å². The first kappa shape index (κ1) is 10.6. The largest absolute Gasteiger partial charge is 0.481 e. The Morgan fingerprint density at radius 1 is 1.69 bits per heavy atom. The van der Waals surface area contributed by atoms with E-state index in [9.17, 15) is 14.9 Å². The van der Waals surface area contributed by atoms with Gasteiger partial charge in [-0.25, -0.2) is 0 Å². The molecule has 0 aliphatic heterocycles. The van der Waals surface area contributed by atoms with Gasteiger partial charge in [0.15, 0.2) is 0 Å². The Balaban J connectivity index is 2.27. The number of carbonyl (C=O) groups is 1. The van der Waals surface area contributed by atoms with E-state index in [4.69, 9.17) is 5.11 Å². The van der Waals surface area contributed by atoms with Gasteiger partial charge < -0.3 is 15.2 Å². The van der Waals surface area contributed by atoms with E-state index in [1.807, 2.05) is 13.8 Å². The molecule has 2 atom stereocenters. The Morgan fingerprint density at radius 3 is 2.69 bits per heavy atom. The molecule has 1 heterocycles. The van der Waals surface area contributed by atoms with Crippen molar-refractivity contribution in [2.75, 3.05) is 0 Å². The summed E-state index contributed by atoms with van der Waals surface area (Å²) in [5.74, 6) is -1.87. The number of H-pyrrole nitrogens is 1. The summed E-state index contributed by atoms with van der Waals surface area (Å²) in [7, 11) is 0. The average Bonchev–Trinajstić information content (AvgIpc) is 2.60. The van der Waals surface area contributed by atoms with Crippen molar-refractivity contribution in [2.45, 2.75) is 19.8 Å². The SMILES string of the molecule is CC1(C)C(C(=O)O)C1c1cc([N+](=O)[O-])[nH]n1. The monoisotopic (exact) mass is 225 g/mol. The molecule has 1 fully saturated rings. The lowest BCUT2D eigenvalue weighted by atomic mass is 10.1. The molecule has 0 bridgehead atoms. The number of aliphatic carboxylic acids is 1. The van der Waals surface area contributed by atoms with Gasteiger partial charge in [0, 0.05) is 5.92 Å². The van der Waals surface area contributed by atoms with E-state index in [0.717, 1.165) is 0 Å². The van der Waals surface area contributed by atoms with E-state index in [0.29, 0.717) is 5.69 Å². The van der Waals surface area contributed by atoms with Crippen molar-refractivity contribution < 1.29 is 14.8 Å². The van der Waals surface area contributed by atoms with Crippen LogP contribution < -0.4 is 0 Å². The van der Waals surface area contributed by atoms with Crippen molar-refractivity contribution in [1.29, 1.82) is 0 Å². The van der Waals surface area contributed by atoms with E-state index in [-0.39, 0.29) is 11.7 Å². The summed E-state index contributed by atoms with van der Waals surface area (Å²) in [6, 6.07) is 1.30. The first-order chi connectivity index (χ1) is 7.35. The molecule has 2 N–H and O–H groups in total. The molecule has 86 valence electrons. The van der Waals surface area contributed by atoms with E-state index in [1.165, 1.54) is 6.07 Å². The Bertz CT molecular complexity index is 465. The number of nitrogens with zero attached hydrogens (tertiary/aromatic N) is 2. The fourth-order valence-electron chi connectivity index (χ4n) is 2.23. The third-order valence-corrected chi connectivity index (χ3v) is 3.19. The van der Waals surface area contributed by atoms with Crippen LogP contribution in [0.2, 0.25) is 0 Å². The molecule has 7 nitrogen and oxygen atoms in total. The van der Waals surface area contributed by atoms with Gasteiger partial charge in [-0.05, 0) is 10.3 Å². The molecule has 1 aromatic rings. The van der Waals surface area contributed by atoms with Crippen LogP contribution in [-0.4, -0.2) is 26.2 Å². The lowest BCUT2D eigenvalue weighted by Gasteiger charge is -1.96. The highest BCUT2D eigenvalue weighted by atomic mass is 16.6. The van der Waals surface area contributed by atoms with Crippen molar-refractivity contribution in [2.24, 2.45) is 11.3 Å². The molecule has 7 heteroatoms. The van der Waals surface area contributed by atoms with Crippen LogP contribution in [0.5, 0.6) is 0 Å². The third kappa shape index (κ3) is 1.36. The summed E-state index contributed by atoms with van der Waals surface area (Å²) in [5.41, 5.74) is 0.0543. The molecular weight excluding hydrogens is 214 g/mol. The maximum absolute atomic E-state index is 10.9. The number of hydrogen-bond donors (Lipinski definition) is 2. The van der Waals surface area contributed by atoms with Gasteiger partial charge in [0.25, 0.3) is 0 Å². The minimum atomic E-state index is -0.888. The lowest BCUT2D eigenvalue weighted by molar-refractivity contribution is -0.389. The molecule has 0 radical (unpaired) electrons. The van der Waals surface area contributed by atoms with Crippen LogP contribution in [-0.2, 0) is 4.79 Å². The second-order valence-electron chi connectivity index (χ2n) is 4.55. The molecule has 1 saturated carbocycles. The van der Waals surface area contributed by atoms with Gasteiger partial charge in [-0.1, -0.05) is 18.9 Å². The molecule has 16 heavy (non-hydrogen) atoms. The van der Waals surface area contributed by atoms with Crippen LogP contribution in [0.25, 0.3) is 0 Å². The Kier molecular flexibility index (Phi) is 2.01. The smallest absolute Gasteiger partial charge is 0.342 e. The first-order valence-electron chi connectivity index (χ1n) is 4.78. The molecule has 2 unspecified atom stereocenters. The molecule has 1 aliphatic carbocycles. The molecule has 0 spiro atoms. The zero-order valence-corrected chi connectivity index (χ0v) is 8.80. The predicted octanol–water partition coefficient (Wildman–Crippen LogP) is 1.14. The molecule has 2 rings (SSSR count). The molecule has 1 aliphatic rings. The van der Waals surface area contributed by atoms with E-state index in [2.05, 4.69) is 10.2 Å². The van der Waals surface area contributed by atoms with Crippen molar-refractivity contribution in [3.63, 3.8) is 0 Å². The highest BCUT2D eigenvalue weighted by Crippen LogP contribution is 2.64. The Hall–Kier alpha value is -1.92. The van der Waals surface area contributed by atoms with E-state index >= 15 is 0 Å². The Morgan fingerprint density at radius 2 is 2.31 bits per heavy atom. The zero-order valence-electron chi connectivity index (χ0n) is 8.80. The number of nitrogens with one attached hydrogen (secondary N) is 1. The topological polar surface area (TPSA) is 109 Å². The first-order valence-corrected chi connectivity index (χ1v) is 4.78. The summed E-state index contributed by atoms with van der Waals surface area (Å²) < 4.78 is 0. The van der Waals surface area contributed by atoms with Crippen molar-refractivity contribution in [3.8, 4) is 0 Å². The van der Waals surface area contributed by atoms with Crippen molar-refractivity contribution in [1.82, 2.24) is 10.2 Å². The van der Waals surface area contributed by atoms with E-state index < -0.39 is 22.2 Å². The number of aromatic amines is 1. The number of carboxylic acids is 1. The number of rotatable bonds is 3. The van der Waals surface area contributed by atoms with Gasteiger partial charge in [0.2, 0.25) is 0 Å². The Labute approximate surface area is 90.6 Å². The number of aromatic nitrogens is 2. The van der Waals surface area contributed by atoms with Gasteiger partial charge in [0.05, 0.1) is 17.7 Å². The minimum Gasteiger partial charge on any atom is -0.481 e. The average molecular weight is 225 g/mol. The summed E-state index contributed by atoms with van der Waals surface area (Å²) in [6.45, 7) is 3.63. The van der Waals surface area contributed by atoms with Gasteiger partial charge in [-0.2, -0.15) is 0 Å². The second kappa shape index (κ2) is 3.03. The van der Waals surface area contributed by atoms with Crippen molar-refractivity contribution >= 4 is 11.8 Å². The van der Waals surface area contributed by atoms with Gasteiger partial charge in [-0.15, -0.1) is 5.10 Å². The van der Waals surface area contributed by atoms with Crippen LogP contribution in [0.3, 0.4) is 0 Å². The molecule has 1 aromatic heterocycles. The lowest BCUT2D eigenvalue weighted by Crippen LogP contribution is -2.03. The van der Waals surface area contributed by atoms with Crippen LogP contribution in [0.1, 0.15) is 25.5 Å². The maximum Gasteiger partial charge on any atom is 0.342 e. The number of carboxylic acid groups (broad SMARTS) is 1. The summed E-state index contributed by atoms with van der Waals surface area (Å²) >= 11 is 0. The normalized spacial score (nSPS) is 26.4. The molecular formula is C9H11N3O4. The quantitative estimate of drug-likeness (QED) is 0.592. The standard InChI is InChI=1S/C9H11N3O4/c1-9(2)6(7(9)8(13)14)4-3-5(11-10-4)12(15)16/h3,6-7H,1-2H3,(H,10,11)(H,13,14). The minimum absolute atomic E-state index is 0.207. The summed E-state index contributed by atoms with van der Waals surface area (Å²) in [4.78, 5) is 20.8. The number of hydrogen-bond acceptors (Lipinski definition) is 4. The number of nitro groups is 1. The van der Waals surface area contributed by atoms with Crippen LogP contribution in [0.15, 0.2) is 6.07 Å². The third-order valence-electron chi connectivity index (χ3n) is 3.19. The van der Waals surface area contributed by atoms with Crippen LogP contribution >= 0.6 is 0 Å². The van der Waals surface area contributed by atoms with Crippen LogP contribution in [0.4, 0.5) is 5.82 Å². The second-order valence-corrected chi connectivity index (χ2v) is 4.55. The highest BCUT2D eigenvalue weighted by molar-refractivity contribution is 5.77. The van der Waals surface area contributed by atoms with Gasteiger partial charge >= 0.3 is 11.8 Å². The highest BCUT2D eigenvalue weighted by Gasteiger charge is 2.64. The van der Waals surface area contributed by atoms with Crippen LogP contribution in [0, 0.1) is 21.4 Å². The fourth-order valence-corrected chi connectivity index (χ4v) is 2.23. The zero-order chi connectivity index (χ0) is 12.1. The summed E-state index contributed by atoms with van der Waals surface area (Å²) in [6.07, 6.45) is 0. The van der Waals surface area contributed by atoms with E-state index in [1.54, 1.807) is 0 Å². The molecule has 0 aromatic carbocycles. The maximum atomic E-state index is 10.9. The van der Waals surface area contributed by atoms with Crippen molar-refractivity contribution in [3.05, 3.63) is 21.9 Å². The predicted molar refractivity (Wildman–Crippen MR) is 52.9 cm³/mol. The molecule has 0 amide bonds.